The minimum atomic E-state index is -0.646. The molecule has 0 aromatic carbocycles. The molecule has 0 saturated heterocycles. The number of hydrogen-bond donors (Lipinski definition) is 0. The van der Waals surface area contributed by atoms with Gasteiger partial charge in [-0.25, -0.2) is 9.59 Å². The number of rotatable bonds is 6. The van der Waals surface area contributed by atoms with Gasteiger partial charge in [0.1, 0.15) is 12.0 Å². The Morgan fingerprint density at radius 3 is 2.44 bits per heavy atom. The summed E-state index contributed by atoms with van der Waals surface area (Å²) < 4.78 is 10.7. The number of aldehydes is 1. The van der Waals surface area contributed by atoms with E-state index in [9.17, 15) is 14.4 Å². The third-order valence-corrected chi connectivity index (χ3v) is 2.00. The van der Waals surface area contributed by atoms with E-state index in [1.54, 1.807) is 13.8 Å². The molecule has 0 fully saturated rings. The number of aromatic nitrogens is 2. The Morgan fingerprint density at radius 2 is 1.89 bits per heavy atom. The van der Waals surface area contributed by atoms with E-state index in [1.165, 1.54) is 6.07 Å². The molecule has 0 aliphatic carbocycles. The van der Waals surface area contributed by atoms with Crippen LogP contribution in [0, 0.1) is 0 Å². The predicted molar refractivity (Wildman–Crippen MR) is 60.2 cm³/mol. The number of ether oxygens (including phenoxy) is 2. The van der Waals surface area contributed by atoms with Crippen molar-refractivity contribution in [3.63, 3.8) is 0 Å². The first-order chi connectivity index (χ1) is 8.63. The molecule has 1 aromatic heterocycles. The van der Waals surface area contributed by atoms with E-state index in [-0.39, 0.29) is 31.1 Å². The lowest BCUT2D eigenvalue weighted by Crippen LogP contribution is -2.14. The Bertz CT molecular complexity index is 452. The van der Waals surface area contributed by atoms with E-state index < -0.39 is 11.9 Å². The van der Waals surface area contributed by atoms with Crippen molar-refractivity contribution >= 4 is 18.2 Å². The topological polar surface area (TPSA) is 87.5 Å². The monoisotopic (exact) mass is 254 g/mol. The Labute approximate surface area is 104 Å². The van der Waals surface area contributed by atoms with Crippen molar-refractivity contribution in [2.45, 2.75) is 20.4 Å². The fraction of sp³-hybridized carbons (Fsp3) is 0.455. The van der Waals surface area contributed by atoms with Gasteiger partial charge in [0.05, 0.1) is 19.8 Å². The Balaban J connectivity index is 3.03. The molecule has 0 radical (unpaired) electrons. The minimum Gasteiger partial charge on any atom is -0.461 e. The van der Waals surface area contributed by atoms with Crippen molar-refractivity contribution < 1.29 is 23.9 Å². The van der Waals surface area contributed by atoms with Crippen molar-refractivity contribution in [3.05, 3.63) is 17.5 Å². The van der Waals surface area contributed by atoms with E-state index >= 15 is 0 Å². The molecule has 98 valence electrons. The van der Waals surface area contributed by atoms with Gasteiger partial charge in [-0.15, -0.1) is 0 Å². The fourth-order valence-electron chi connectivity index (χ4n) is 1.30. The summed E-state index contributed by atoms with van der Waals surface area (Å²) in [5.74, 6) is -1.28. The molecule has 7 heteroatoms. The summed E-state index contributed by atoms with van der Waals surface area (Å²) >= 11 is 0. The van der Waals surface area contributed by atoms with Crippen LogP contribution in [0.3, 0.4) is 0 Å². The number of esters is 2. The van der Waals surface area contributed by atoms with Crippen molar-refractivity contribution in [1.29, 1.82) is 0 Å². The van der Waals surface area contributed by atoms with Gasteiger partial charge >= 0.3 is 11.9 Å². The summed E-state index contributed by atoms with van der Waals surface area (Å²) in [5.41, 5.74) is 0.0220. The van der Waals surface area contributed by atoms with Gasteiger partial charge in [-0.3, -0.25) is 4.68 Å². The van der Waals surface area contributed by atoms with E-state index in [1.807, 2.05) is 0 Å². The maximum Gasteiger partial charge on any atom is 0.358 e. The lowest BCUT2D eigenvalue weighted by atomic mass is 10.3. The van der Waals surface area contributed by atoms with Gasteiger partial charge < -0.3 is 14.3 Å². The van der Waals surface area contributed by atoms with Crippen molar-refractivity contribution in [2.75, 3.05) is 13.2 Å². The largest absolute Gasteiger partial charge is 0.461 e. The van der Waals surface area contributed by atoms with Gasteiger partial charge in [0, 0.05) is 6.07 Å². The molecule has 1 rings (SSSR count). The van der Waals surface area contributed by atoms with Crippen molar-refractivity contribution in [1.82, 2.24) is 9.78 Å². The average molecular weight is 254 g/mol. The second kappa shape index (κ2) is 6.53. The van der Waals surface area contributed by atoms with Crippen molar-refractivity contribution in [2.24, 2.45) is 0 Å². The molecule has 0 bridgehead atoms. The molecule has 7 nitrogen and oxygen atoms in total. The average Bonchev–Trinajstić information content (AvgIpc) is 2.74. The molecule has 0 aliphatic heterocycles. The van der Waals surface area contributed by atoms with Crippen LogP contribution >= 0.6 is 0 Å². The summed E-state index contributed by atoms with van der Waals surface area (Å²) in [6.07, 6.45) is 0.574. The van der Waals surface area contributed by atoms with Gasteiger partial charge in [0.25, 0.3) is 0 Å². The molecular formula is C11H14N2O5. The highest BCUT2D eigenvalue weighted by Gasteiger charge is 2.20. The highest BCUT2D eigenvalue weighted by molar-refractivity contribution is 5.93. The summed E-state index contributed by atoms with van der Waals surface area (Å²) in [7, 11) is 0. The first kappa shape index (κ1) is 13.9. The normalized spacial score (nSPS) is 9.89. The summed E-state index contributed by atoms with van der Waals surface area (Å²) in [6.45, 7) is 3.58. The molecular weight excluding hydrogens is 240 g/mol. The molecule has 18 heavy (non-hydrogen) atoms. The van der Waals surface area contributed by atoms with Crippen LogP contribution in [0.2, 0.25) is 0 Å². The molecule has 1 heterocycles. The molecule has 0 saturated carbocycles. The zero-order chi connectivity index (χ0) is 13.5. The molecule has 0 spiro atoms. The van der Waals surface area contributed by atoms with Crippen LogP contribution in [-0.2, 0) is 20.8 Å². The lowest BCUT2D eigenvalue weighted by Gasteiger charge is -2.02. The SMILES string of the molecule is CCOC(=O)c1cc(C(=O)OCC)n(CC=O)n1. The first-order valence-corrected chi connectivity index (χ1v) is 5.49. The molecule has 0 unspecified atom stereocenters. The number of nitrogens with zero attached hydrogens (tertiary/aromatic N) is 2. The van der Waals surface area contributed by atoms with Gasteiger partial charge in [0.15, 0.2) is 5.69 Å². The Morgan fingerprint density at radius 1 is 1.28 bits per heavy atom. The highest BCUT2D eigenvalue weighted by Crippen LogP contribution is 2.08. The van der Waals surface area contributed by atoms with E-state index in [4.69, 9.17) is 9.47 Å². The number of hydrogen-bond acceptors (Lipinski definition) is 6. The van der Waals surface area contributed by atoms with Crippen molar-refractivity contribution in [3.8, 4) is 0 Å². The smallest absolute Gasteiger partial charge is 0.358 e. The molecule has 1 aromatic rings. The van der Waals surface area contributed by atoms with Crippen LogP contribution in [0.15, 0.2) is 6.07 Å². The summed E-state index contributed by atoms with van der Waals surface area (Å²) in [4.78, 5) is 33.5. The maximum absolute atomic E-state index is 11.6. The third-order valence-electron chi connectivity index (χ3n) is 2.00. The van der Waals surface area contributed by atoms with E-state index in [2.05, 4.69) is 5.10 Å². The van der Waals surface area contributed by atoms with Crippen LogP contribution in [-0.4, -0.2) is 41.2 Å². The molecule has 0 amide bonds. The zero-order valence-electron chi connectivity index (χ0n) is 10.2. The van der Waals surface area contributed by atoms with Crippen LogP contribution in [0.5, 0.6) is 0 Å². The second-order valence-corrected chi connectivity index (χ2v) is 3.20. The first-order valence-electron chi connectivity index (χ1n) is 5.49. The van der Waals surface area contributed by atoms with Gasteiger partial charge in [-0.2, -0.15) is 5.10 Å². The Hall–Kier alpha value is -2.18. The number of carbonyl (C=O) groups excluding carboxylic acids is 3. The summed E-state index contributed by atoms with van der Waals surface area (Å²) in [5, 5.41) is 3.83. The second-order valence-electron chi connectivity index (χ2n) is 3.20. The Kier molecular flexibility index (Phi) is 5.04. The predicted octanol–water partition coefficient (Wildman–Crippen LogP) is 0.435. The van der Waals surface area contributed by atoms with Gasteiger partial charge in [0.2, 0.25) is 0 Å². The van der Waals surface area contributed by atoms with Gasteiger partial charge in [-0.05, 0) is 13.8 Å². The maximum atomic E-state index is 11.6. The van der Waals surface area contributed by atoms with Crippen LogP contribution < -0.4 is 0 Å². The van der Waals surface area contributed by atoms with E-state index in [0.717, 1.165) is 4.68 Å². The van der Waals surface area contributed by atoms with Crippen LogP contribution in [0.1, 0.15) is 34.8 Å². The lowest BCUT2D eigenvalue weighted by molar-refractivity contribution is -0.108. The quantitative estimate of drug-likeness (QED) is 0.540. The third kappa shape index (κ3) is 3.16. The molecule has 0 N–H and O–H groups in total. The molecule has 0 atom stereocenters. The molecule has 0 aliphatic rings. The zero-order valence-corrected chi connectivity index (χ0v) is 10.2. The van der Waals surface area contributed by atoms with E-state index in [0.29, 0.717) is 6.29 Å². The van der Waals surface area contributed by atoms with Crippen LogP contribution in [0.25, 0.3) is 0 Å². The van der Waals surface area contributed by atoms with Crippen LogP contribution in [0.4, 0.5) is 0 Å². The standard InChI is InChI=1S/C11H14N2O5/c1-3-17-10(15)8-7-9(11(16)18-4-2)13(12-8)5-6-14/h6-7H,3-5H2,1-2H3. The minimum absolute atomic E-state index is 0.0262. The number of carbonyl (C=O) groups is 3. The van der Waals surface area contributed by atoms with Gasteiger partial charge in [-0.1, -0.05) is 0 Å². The highest BCUT2D eigenvalue weighted by atomic mass is 16.5. The fourth-order valence-corrected chi connectivity index (χ4v) is 1.30. The summed E-state index contributed by atoms with van der Waals surface area (Å²) in [6, 6.07) is 1.25.